The quantitative estimate of drug-likeness (QED) is 0.449. The van der Waals surface area contributed by atoms with Crippen LogP contribution in [0.25, 0.3) is 11.5 Å². The highest BCUT2D eigenvalue weighted by atomic mass is 35.5. The monoisotopic (exact) mass is 457 g/mol. The maximum Gasteiger partial charge on any atom is 0.387 e. The van der Waals surface area contributed by atoms with Crippen LogP contribution in [0, 0.1) is 5.82 Å². The van der Waals surface area contributed by atoms with Gasteiger partial charge in [0.05, 0.1) is 5.75 Å². The molecule has 0 N–H and O–H groups in total. The third-order valence-corrected chi connectivity index (χ3v) is 5.09. The van der Waals surface area contributed by atoms with E-state index in [4.69, 9.17) is 16.0 Å². The molecule has 0 spiro atoms. The second-order valence-electron chi connectivity index (χ2n) is 6.01. The highest BCUT2D eigenvalue weighted by molar-refractivity contribution is 7.99. The lowest BCUT2D eigenvalue weighted by atomic mass is 10.2. The summed E-state index contributed by atoms with van der Waals surface area (Å²) in [6.07, 6.45) is 0. The number of ether oxygens (including phenoxy) is 1. The van der Waals surface area contributed by atoms with E-state index in [0.29, 0.717) is 5.56 Å². The van der Waals surface area contributed by atoms with Crippen molar-refractivity contribution in [2.75, 3.05) is 12.8 Å². The SMILES string of the molecule is CN(Cc1c(F)cccc1Cl)C(=O)CSc1nnc(-c2ccc(OC(F)F)cc2)o1. The molecule has 0 radical (unpaired) electrons. The first-order chi connectivity index (χ1) is 14.3. The number of aromatic nitrogens is 2. The van der Waals surface area contributed by atoms with Crippen molar-refractivity contribution in [3.05, 3.63) is 58.9 Å². The molecule has 11 heteroatoms. The van der Waals surface area contributed by atoms with Crippen LogP contribution in [0.1, 0.15) is 5.56 Å². The van der Waals surface area contributed by atoms with Crippen molar-refractivity contribution in [3.8, 4) is 17.2 Å². The average Bonchev–Trinajstić information content (AvgIpc) is 3.18. The summed E-state index contributed by atoms with van der Waals surface area (Å²) >= 11 is 7.01. The Morgan fingerprint density at radius 1 is 1.23 bits per heavy atom. The van der Waals surface area contributed by atoms with Crippen LogP contribution in [0.4, 0.5) is 13.2 Å². The van der Waals surface area contributed by atoms with E-state index in [1.54, 1.807) is 6.07 Å². The Morgan fingerprint density at radius 2 is 1.97 bits per heavy atom. The van der Waals surface area contributed by atoms with Crippen molar-refractivity contribution in [3.63, 3.8) is 0 Å². The van der Waals surface area contributed by atoms with E-state index in [2.05, 4.69) is 14.9 Å². The summed E-state index contributed by atoms with van der Waals surface area (Å²) in [4.78, 5) is 13.7. The summed E-state index contributed by atoms with van der Waals surface area (Å²) < 4.78 is 48.0. The molecular formula is C19H15ClF3N3O3S. The van der Waals surface area contributed by atoms with Gasteiger partial charge in [-0.2, -0.15) is 8.78 Å². The summed E-state index contributed by atoms with van der Waals surface area (Å²) in [7, 11) is 1.54. The van der Waals surface area contributed by atoms with Crippen molar-refractivity contribution in [2.45, 2.75) is 18.4 Å². The van der Waals surface area contributed by atoms with Crippen LogP contribution in [-0.2, 0) is 11.3 Å². The van der Waals surface area contributed by atoms with E-state index in [1.165, 1.54) is 48.3 Å². The van der Waals surface area contributed by atoms with Gasteiger partial charge < -0.3 is 14.1 Å². The molecule has 0 atom stereocenters. The van der Waals surface area contributed by atoms with Crippen molar-refractivity contribution in [2.24, 2.45) is 0 Å². The minimum atomic E-state index is -2.91. The number of carbonyl (C=O) groups excluding carboxylic acids is 1. The number of carbonyl (C=O) groups is 1. The Bertz CT molecular complexity index is 998. The first kappa shape index (κ1) is 22.0. The summed E-state index contributed by atoms with van der Waals surface area (Å²) in [5.41, 5.74) is 0.743. The predicted octanol–water partition coefficient (Wildman–Crippen LogP) is 4.88. The average molecular weight is 458 g/mol. The number of alkyl halides is 2. The van der Waals surface area contributed by atoms with Crippen LogP contribution >= 0.6 is 23.4 Å². The van der Waals surface area contributed by atoms with E-state index in [9.17, 15) is 18.0 Å². The normalized spacial score (nSPS) is 11.0. The van der Waals surface area contributed by atoms with Crippen LogP contribution in [0.3, 0.4) is 0 Å². The number of thioether (sulfide) groups is 1. The number of rotatable bonds is 8. The van der Waals surface area contributed by atoms with Crippen LogP contribution in [0.15, 0.2) is 52.1 Å². The molecule has 3 rings (SSSR count). The Kier molecular flexibility index (Phi) is 7.22. The summed E-state index contributed by atoms with van der Waals surface area (Å²) in [6.45, 7) is -2.89. The second kappa shape index (κ2) is 9.86. The minimum Gasteiger partial charge on any atom is -0.435 e. The summed E-state index contributed by atoms with van der Waals surface area (Å²) in [5.74, 6) is -0.605. The maximum atomic E-state index is 13.9. The third kappa shape index (κ3) is 5.67. The fraction of sp³-hybridized carbons (Fsp3) is 0.211. The van der Waals surface area contributed by atoms with E-state index < -0.39 is 12.4 Å². The zero-order valence-electron chi connectivity index (χ0n) is 15.5. The van der Waals surface area contributed by atoms with Gasteiger partial charge in [-0.3, -0.25) is 4.79 Å². The Morgan fingerprint density at radius 3 is 2.63 bits per heavy atom. The second-order valence-corrected chi connectivity index (χ2v) is 7.35. The van der Waals surface area contributed by atoms with Gasteiger partial charge in [-0.25, -0.2) is 4.39 Å². The Labute approximate surface area is 179 Å². The van der Waals surface area contributed by atoms with E-state index in [1.807, 2.05) is 0 Å². The van der Waals surface area contributed by atoms with Crippen molar-refractivity contribution >= 4 is 29.3 Å². The number of benzene rings is 2. The summed E-state index contributed by atoms with van der Waals surface area (Å²) in [6, 6.07) is 10.0. The molecule has 0 fully saturated rings. The number of nitrogens with zero attached hydrogens (tertiary/aromatic N) is 3. The fourth-order valence-corrected chi connectivity index (χ4v) is 3.33. The number of amides is 1. The Hall–Kier alpha value is -2.72. The molecule has 0 saturated carbocycles. The molecule has 0 aliphatic carbocycles. The van der Waals surface area contributed by atoms with Gasteiger partial charge in [0.25, 0.3) is 5.22 Å². The minimum absolute atomic E-state index is 0.00598. The molecule has 0 aliphatic heterocycles. The topological polar surface area (TPSA) is 68.5 Å². The first-order valence-corrected chi connectivity index (χ1v) is 9.88. The van der Waals surface area contributed by atoms with Gasteiger partial charge in [0.2, 0.25) is 11.8 Å². The van der Waals surface area contributed by atoms with Crippen molar-refractivity contribution < 1.29 is 27.1 Å². The first-order valence-electron chi connectivity index (χ1n) is 8.52. The lowest BCUT2D eigenvalue weighted by Gasteiger charge is -2.17. The van der Waals surface area contributed by atoms with Gasteiger partial charge in [-0.15, -0.1) is 10.2 Å². The number of hydrogen-bond acceptors (Lipinski definition) is 6. The molecule has 158 valence electrons. The highest BCUT2D eigenvalue weighted by Gasteiger charge is 2.17. The molecule has 0 bridgehead atoms. The standard InChI is InChI=1S/C19H15ClF3N3O3S/c1-26(9-13-14(20)3-2-4-15(13)21)16(27)10-30-19-25-24-17(29-19)11-5-7-12(8-6-11)28-18(22)23/h2-8,18H,9-10H2,1H3. The zero-order chi connectivity index (χ0) is 21.7. The molecule has 0 aliphatic rings. The number of halogens is 4. The van der Waals surface area contributed by atoms with Crippen molar-refractivity contribution in [1.82, 2.24) is 15.1 Å². The van der Waals surface area contributed by atoms with Crippen LogP contribution in [0.5, 0.6) is 5.75 Å². The number of hydrogen-bond donors (Lipinski definition) is 0. The maximum absolute atomic E-state index is 13.9. The van der Waals surface area contributed by atoms with E-state index in [-0.39, 0.29) is 45.7 Å². The zero-order valence-corrected chi connectivity index (χ0v) is 17.1. The van der Waals surface area contributed by atoms with Crippen LogP contribution < -0.4 is 4.74 Å². The molecule has 0 saturated heterocycles. The lowest BCUT2D eigenvalue weighted by Crippen LogP contribution is -2.28. The molecule has 6 nitrogen and oxygen atoms in total. The molecule has 3 aromatic rings. The van der Waals surface area contributed by atoms with Gasteiger partial charge >= 0.3 is 6.61 Å². The van der Waals surface area contributed by atoms with Gasteiger partial charge in [-0.05, 0) is 36.4 Å². The highest BCUT2D eigenvalue weighted by Crippen LogP contribution is 2.26. The van der Waals surface area contributed by atoms with E-state index >= 15 is 0 Å². The molecule has 1 heterocycles. The smallest absolute Gasteiger partial charge is 0.387 e. The molecular weight excluding hydrogens is 443 g/mol. The van der Waals surface area contributed by atoms with Gasteiger partial charge in [-0.1, -0.05) is 29.4 Å². The predicted molar refractivity (Wildman–Crippen MR) is 105 cm³/mol. The Balaban J connectivity index is 1.56. The van der Waals surface area contributed by atoms with Gasteiger partial charge in [0, 0.05) is 29.7 Å². The molecule has 2 aromatic carbocycles. The molecule has 1 amide bonds. The molecule has 0 unspecified atom stereocenters. The lowest BCUT2D eigenvalue weighted by molar-refractivity contribution is -0.127. The van der Waals surface area contributed by atoms with Gasteiger partial charge in [0.15, 0.2) is 0 Å². The van der Waals surface area contributed by atoms with Crippen LogP contribution in [0.2, 0.25) is 5.02 Å². The van der Waals surface area contributed by atoms with Gasteiger partial charge in [0.1, 0.15) is 11.6 Å². The molecule has 1 aromatic heterocycles. The van der Waals surface area contributed by atoms with E-state index in [0.717, 1.165) is 11.8 Å². The largest absolute Gasteiger partial charge is 0.435 e. The van der Waals surface area contributed by atoms with Crippen LogP contribution in [-0.4, -0.2) is 40.4 Å². The fourth-order valence-electron chi connectivity index (χ4n) is 2.41. The molecule has 30 heavy (non-hydrogen) atoms. The summed E-state index contributed by atoms with van der Waals surface area (Å²) in [5, 5.41) is 8.12. The van der Waals surface area contributed by atoms with Crippen molar-refractivity contribution in [1.29, 1.82) is 0 Å². The third-order valence-electron chi connectivity index (χ3n) is 3.93.